The molecule has 0 aliphatic carbocycles. The Balaban J connectivity index is 1.76. The number of carbonyl (C=O) groups is 4. The predicted octanol–water partition coefficient (Wildman–Crippen LogP) is 3.37. The highest BCUT2D eigenvalue weighted by atomic mass is 16.5. The summed E-state index contributed by atoms with van der Waals surface area (Å²) in [6.45, 7) is 5.64. The molecule has 6 heteroatoms. The number of hydrogen-bond donors (Lipinski definition) is 0. The van der Waals surface area contributed by atoms with Crippen LogP contribution in [0.5, 0.6) is 0 Å². The molecule has 144 valence electrons. The first-order valence-corrected chi connectivity index (χ1v) is 9.10. The van der Waals surface area contributed by atoms with Crippen molar-refractivity contribution < 1.29 is 23.9 Å². The largest absolute Gasteiger partial charge is 0.451 e. The fourth-order valence-electron chi connectivity index (χ4n) is 3.07. The molecule has 2 amide bonds. The van der Waals surface area contributed by atoms with Crippen LogP contribution in [0.4, 0.5) is 0 Å². The maximum atomic E-state index is 12.5. The van der Waals surface area contributed by atoms with E-state index in [1.807, 2.05) is 13.8 Å². The lowest BCUT2D eigenvalue weighted by Crippen LogP contribution is -2.33. The van der Waals surface area contributed by atoms with Gasteiger partial charge in [0.05, 0.1) is 16.7 Å². The van der Waals surface area contributed by atoms with E-state index in [1.54, 1.807) is 30.3 Å². The van der Waals surface area contributed by atoms with Crippen molar-refractivity contribution in [1.82, 2.24) is 4.90 Å². The summed E-state index contributed by atoms with van der Waals surface area (Å²) in [6.07, 6.45) is -0.974. The molecule has 0 saturated carbocycles. The lowest BCUT2D eigenvalue weighted by Gasteiger charge is -2.15. The minimum Gasteiger partial charge on any atom is -0.451 e. The number of hydrogen-bond acceptors (Lipinski definition) is 5. The van der Waals surface area contributed by atoms with Gasteiger partial charge in [-0.3, -0.25) is 19.3 Å². The molecule has 1 aliphatic heterocycles. The fraction of sp³-hybridized carbons (Fsp3) is 0.273. The standard InChI is InChI=1S/C22H21NO5/c1-13(2)12-23-20(25)17-10-9-16(11-18(17)21(23)26)22(27)28-14(3)19(24)15-7-5-4-6-8-15/h4-11,13-14H,12H2,1-3H3/t14-/m1/s1. The number of nitrogens with zero attached hydrogens (tertiary/aromatic N) is 1. The Bertz CT molecular complexity index is 949. The summed E-state index contributed by atoms with van der Waals surface area (Å²) in [7, 11) is 0. The minimum absolute atomic E-state index is 0.124. The van der Waals surface area contributed by atoms with Crippen molar-refractivity contribution in [1.29, 1.82) is 0 Å². The van der Waals surface area contributed by atoms with Crippen molar-refractivity contribution in [2.45, 2.75) is 26.9 Å². The van der Waals surface area contributed by atoms with Crippen molar-refractivity contribution in [3.8, 4) is 0 Å². The second kappa shape index (κ2) is 7.76. The zero-order valence-electron chi connectivity index (χ0n) is 16.0. The number of imide groups is 1. The second-order valence-electron chi connectivity index (χ2n) is 7.15. The van der Waals surface area contributed by atoms with E-state index in [1.165, 1.54) is 30.0 Å². The maximum absolute atomic E-state index is 12.5. The average Bonchev–Trinajstić information content (AvgIpc) is 2.92. The van der Waals surface area contributed by atoms with Gasteiger partial charge in [0.25, 0.3) is 11.8 Å². The Morgan fingerprint density at radius 3 is 2.18 bits per heavy atom. The summed E-state index contributed by atoms with van der Waals surface area (Å²) in [5.74, 6) is -1.68. The monoisotopic (exact) mass is 379 g/mol. The molecule has 0 unspecified atom stereocenters. The first kappa shape index (κ1) is 19.5. The van der Waals surface area contributed by atoms with Gasteiger partial charge >= 0.3 is 5.97 Å². The summed E-state index contributed by atoms with van der Waals surface area (Å²) in [6, 6.07) is 12.8. The van der Waals surface area contributed by atoms with E-state index < -0.39 is 18.0 Å². The molecule has 1 atom stereocenters. The molecule has 0 aromatic heterocycles. The number of fused-ring (bicyclic) bond motifs is 1. The Morgan fingerprint density at radius 2 is 1.54 bits per heavy atom. The molecule has 0 N–H and O–H groups in total. The van der Waals surface area contributed by atoms with Crippen LogP contribution >= 0.6 is 0 Å². The topological polar surface area (TPSA) is 80.8 Å². The van der Waals surface area contributed by atoms with Gasteiger partial charge in [-0.2, -0.15) is 0 Å². The van der Waals surface area contributed by atoms with Gasteiger partial charge in [-0.1, -0.05) is 44.2 Å². The molecule has 28 heavy (non-hydrogen) atoms. The van der Waals surface area contributed by atoms with Crippen LogP contribution in [-0.2, 0) is 4.74 Å². The minimum atomic E-state index is -0.974. The maximum Gasteiger partial charge on any atom is 0.338 e. The molecule has 0 radical (unpaired) electrons. The Hall–Kier alpha value is -3.28. The number of Topliss-reactive ketones (excluding diaryl/α,β-unsaturated/α-hetero) is 1. The van der Waals surface area contributed by atoms with E-state index in [9.17, 15) is 19.2 Å². The third kappa shape index (κ3) is 3.71. The first-order valence-electron chi connectivity index (χ1n) is 9.10. The first-order chi connectivity index (χ1) is 13.3. The van der Waals surface area contributed by atoms with E-state index in [0.717, 1.165) is 0 Å². The van der Waals surface area contributed by atoms with Gasteiger partial charge in [0.2, 0.25) is 5.78 Å². The van der Waals surface area contributed by atoms with E-state index in [4.69, 9.17) is 4.74 Å². The van der Waals surface area contributed by atoms with Crippen LogP contribution in [0.3, 0.4) is 0 Å². The summed E-state index contributed by atoms with van der Waals surface area (Å²) in [5, 5.41) is 0. The molecule has 1 heterocycles. The average molecular weight is 379 g/mol. The second-order valence-corrected chi connectivity index (χ2v) is 7.15. The summed E-state index contributed by atoms with van der Waals surface area (Å²) in [4.78, 5) is 50.9. The van der Waals surface area contributed by atoms with Gasteiger partial charge < -0.3 is 4.74 Å². The fourth-order valence-corrected chi connectivity index (χ4v) is 3.07. The van der Waals surface area contributed by atoms with Crippen LogP contribution < -0.4 is 0 Å². The highest BCUT2D eigenvalue weighted by molar-refractivity contribution is 6.22. The third-order valence-electron chi connectivity index (χ3n) is 4.47. The molecule has 2 aromatic rings. The Kier molecular flexibility index (Phi) is 5.40. The number of rotatable bonds is 6. The molecule has 6 nitrogen and oxygen atoms in total. The van der Waals surface area contributed by atoms with E-state index in [2.05, 4.69) is 0 Å². The number of ether oxygens (including phenoxy) is 1. The third-order valence-corrected chi connectivity index (χ3v) is 4.47. The zero-order chi connectivity index (χ0) is 20.4. The lowest BCUT2D eigenvalue weighted by molar-refractivity contribution is 0.0318. The van der Waals surface area contributed by atoms with Crippen LogP contribution in [0.15, 0.2) is 48.5 Å². The van der Waals surface area contributed by atoms with Gasteiger partial charge in [0.1, 0.15) is 0 Å². The van der Waals surface area contributed by atoms with Crippen molar-refractivity contribution in [2.24, 2.45) is 5.92 Å². The van der Waals surface area contributed by atoms with E-state index in [0.29, 0.717) is 12.1 Å². The van der Waals surface area contributed by atoms with Gasteiger partial charge in [0.15, 0.2) is 6.10 Å². The number of benzene rings is 2. The Morgan fingerprint density at radius 1 is 0.893 bits per heavy atom. The lowest BCUT2D eigenvalue weighted by atomic mass is 10.1. The summed E-state index contributed by atoms with van der Waals surface area (Å²) < 4.78 is 5.27. The summed E-state index contributed by atoms with van der Waals surface area (Å²) in [5.41, 5.74) is 1.03. The predicted molar refractivity (Wildman–Crippen MR) is 102 cm³/mol. The van der Waals surface area contributed by atoms with Crippen molar-refractivity contribution in [2.75, 3.05) is 6.54 Å². The molecule has 0 saturated heterocycles. The molecule has 0 spiro atoms. The molecule has 3 rings (SSSR count). The van der Waals surface area contributed by atoms with Crippen molar-refractivity contribution in [3.05, 3.63) is 70.8 Å². The van der Waals surface area contributed by atoms with E-state index in [-0.39, 0.29) is 34.3 Å². The molecule has 0 bridgehead atoms. The Labute approximate surface area is 163 Å². The number of amides is 2. The quantitative estimate of drug-likeness (QED) is 0.437. The molecule has 2 aromatic carbocycles. The smallest absolute Gasteiger partial charge is 0.338 e. The normalized spacial score (nSPS) is 14.2. The van der Waals surface area contributed by atoms with Gasteiger partial charge in [-0.15, -0.1) is 0 Å². The highest BCUT2D eigenvalue weighted by Crippen LogP contribution is 2.25. The van der Waals surface area contributed by atoms with Gasteiger partial charge in [-0.25, -0.2) is 4.79 Å². The number of ketones is 1. The molecular formula is C22H21NO5. The van der Waals surface area contributed by atoms with Crippen LogP contribution in [0.25, 0.3) is 0 Å². The number of carbonyl (C=O) groups excluding carboxylic acids is 4. The van der Waals surface area contributed by atoms with Crippen molar-refractivity contribution in [3.63, 3.8) is 0 Å². The van der Waals surface area contributed by atoms with Crippen LogP contribution in [0.2, 0.25) is 0 Å². The molecule has 1 aliphatic rings. The molecular weight excluding hydrogens is 358 g/mol. The van der Waals surface area contributed by atoms with Gasteiger partial charge in [-0.05, 0) is 31.0 Å². The van der Waals surface area contributed by atoms with E-state index >= 15 is 0 Å². The van der Waals surface area contributed by atoms with Crippen LogP contribution in [0.1, 0.15) is 62.2 Å². The SMILES string of the molecule is CC(C)CN1C(=O)c2ccc(C(=O)O[C@H](C)C(=O)c3ccccc3)cc2C1=O. The summed E-state index contributed by atoms with van der Waals surface area (Å²) >= 11 is 0. The highest BCUT2D eigenvalue weighted by Gasteiger charge is 2.36. The van der Waals surface area contributed by atoms with Crippen molar-refractivity contribution >= 4 is 23.6 Å². The molecule has 0 fully saturated rings. The number of esters is 1. The van der Waals surface area contributed by atoms with Gasteiger partial charge in [0, 0.05) is 12.1 Å². The van der Waals surface area contributed by atoms with Crippen LogP contribution in [-0.4, -0.2) is 41.1 Å². The van der Waals surface area contributed by atoms with Crippen LogP contribution in [0, 0.1) is 5.92 Å². The zero-order valence-corrected chi connectivity index (χ0v) is 16.0.